The molecule has 0 amide bonds. The molecule has 0 atom stereocenters. The molecule has 0 aliphatic heterocycles. The minimum absolute atomic E-state index is 0.522. The molecule has 2 N–H and O–H groups in total. The molecule has 0 bridgehead atoms. The van der Waals surface area contributed by atoms with Crippen LogP contribution in [-0.4, -0.2) is 19.1 Å². The van der Waals surface area contributed by atoms with Crippen molar-refractivity contribution in [3.8, 4) is 11.4 Å². The van der Waals surface area contributed by atoms with Gasteiger partial charge in [0.25, 0.3) is 0 Å². The highest BCUT2D eigenvalue weighted by molar-refractivity contribution is 7.10. The van der Waals surface area contributed by atoms with E-state index in [4.69, 9.17) is 5.73 Å². The second-order valence-corrected chi connectivity index (χ2v) is 5.69. The zero-order chi connectivity index (χ0) is 12.7. The van der Waals surface area contributed by atoms with Gasteiger partial charge in [-0.1, -0.05) is 12.8 Å². The van der Waals surface area contributed by atoms with Crippen molar-refractivity contribution in [2.24, 2.45) is 0 Å². The van der Waals surface area contributed by atoms with Crippen molar-refractivity contribution in [3.63, 3.8) is 0 Å². The number of rotatable bonds is 2. The normalized spacial score (nSPS) is 16.6. The molecule has 0 unspecified atom stereocenters. The summed E-state index contributed by atoms with van der Waals surface area (Å²) in [5.41, 5.74) is 7.94. The first-order valence-corrected chi connectivity index (χ1v) is 7.09. The van der Waals surface area contributed by atoms with Crippen molar-refractivity contribution in [1.82, 2.24) is 19.1 Å². The van der Waals surface area contributed by atoms with Gasteiger partial charge >= 0.3 is 0 Å². The maximum Gasteiger partial charge on any atom is 0.169 e. The van der Waals surface area contributed by atoms with Gasteiger partial charge in [-0.2, -0.15) is 4.37 Å². The van der Waals surface area contributed by atoms with Crippen molar-refractivity contribution in [2.75, 3.05) is 5.73 Å². The summed E-state index contributed by atoms with van der Waals surface area (Å²) in [4.78, 5) is 0. The second-order valence-electron chi connectivity index (χ2n) is 4.89. The predicted octanol–water partition coefficient (Wildman–Crippen LogP) is 2.72. The Hall–Kier alpha value is -1.43. The summed E-state index contributed by atoms with van der Waals surface area (Å²) in [7, 11) is 0. The van der Waals surface area contributed by atoms with E-state index >= 15 is 0 Å². The van der Waals surface area contributed by atoms with Gasteiger partial charge in [-0.3, -0.25) is 0 Å². The predicted molar refractivity (Wildman–Crippen MR) is 72.5 cm³/mol. The van der Waals surface area contributed by atoms with Crippen LogP contribution in [0.4, 0.5) is 5.00 Å². The maximum atomic E-state index is 6.03. The number of aryl methyl sites for hydroxylation is 2. The fraction of sp³-hybridized carbons (Fsp3) is 0.583. The second kappa shape index (κ2) is 4.35. The summed E-state index contributed by atoms with van der Waals surface area (Å²) in [6.45, 7) is 3.99. The average molecular weight is 263 g/mol. The van der Waals surface area contributed by atoms with Crippen LogP contribution in [0.15, 0.2) is 0 Å². The van der Waals surface area contributed by atoms with Gasteiger partial charge in [0.1, 0.15) is 10.8 Å². The lowest BCUT2D eigenvalue weighted by Gasteiger charge is -2.15. The van der Waals surface area contributed by atoms with Gasteiger partial charge in [-0.05, 0) is 38.2 Å². The van der Waals surface area contributed by atoms with Crippen LogP contribution in [0.5, 0.6) is 0 Å². The number of hydrogen-bond donors (Lipinski definition) is 1. The van der Waals surface area contributed by atoms with Gasteiger partial charge in [-0.15, -0.1) is 10.2 Å². The van der Waals surface area contributed by atoms with Gasteiger partial charge in [0, 0.05) is 6.04 Å². The van der Waals surface area contributed by atoms with Crippen LogP contribution >= 0.6 is 11.5 Å². The molecule has 6 heteroatoms. The van der Waals surface area contributed by atoms with Crippen molar-refractivity contribution < 1.29 is 0 Å². The third-order valence-corrected chi connectivity index (χ3v) is 4.43. The van der Waals surface area contributed by atoms with E-state index < -0.39 is 0 Å². The molecule has 1 saturated carbocycles. The quantitative estimate of drug-likeness (QED) is 0.904. The molecule has 0 saturated heterocycles. The zero-order valence-corrected chi connectivity index (χ0v) is 11.5. The lowest BCUT2D eigenvalue weighted by Crippen LogP contribution is -2.09. The smallest absolute Gasteiger partial charge is 0.169 e. The van der Waals surface area contributed by atoms with Gasteiger partial charge in [0.15, 0.2) is 5.82 Å². The molecule has 2 aromatic heterocycles. The Morgan fingerprint density at radius 2 is 1.94 bits per heavy atom. The Morgan fingerprint density at radius 1 is 1.22 bits per heavy atom. The van der Waals surface area contributed by atoms with E-state index in [0.717, 1.165) is 27.9 Å². The SMILES string of the molecule is Cc1nsc(N)c1-c1nnc(C)n1C1CCCC1. The Labute approximate surface area is 110 Å². The number of nitrogens with two attached hydrogens (primary N) is 1. The number of nitrogen functional groups attached to an aromatic ring is 1. The molecule has 96 valence electrons. The first-order valence-electron chi connectivity index (χ1n) is 6.32. The summed E-state index contributed by atoms with van der Waals surface area (Å²) in [5.74, 6) is 1.87. The zero-order valence-electron chi connectivity index (χ0n) is 10.7. The Bertz CT molecular complexity index is 546. The molecule has 0 spiro atoms. The fourth-order valence-electron chi connectivity index (χ4n) is 2.80. The molecular formula is C12H17N5S. The molecule has 1 aliphatic carbocycles. The molecule has 5 nitrogen and oxygen atoms in total. The summed E-state index contributed by atoms with van der Waals surface area (Å²) < 4.78 is 6.56. The summed E-state index contributed by atoms with van der Waals surface area (Å²) in [6.07, 6.45) is 5.00. The molecule has 18 heavy (non-hydrogen) atoms. The first-order chi connectivity index (χ1) is 8.68. The van der Waals surface area contributed by atoms with E-state index in [9.17, 15) is 0 Å². The Balaban J connectivity index is 2.13. The van der Waals surface area contributed by atoms with E-state index in [0.29, 0.717) is 6.04 Å². The standard InChI is InChI=1S/C12H17N5S/c1-7-10(11(13)18-16-7)12-15-14-8(2)17(12)9-5-3-4-6-9/h9H,3-6,13H2,1-2H3. The lowest BCUT2D eigenvalue weighted by atomic mass is 10.2. The summed E-state index contributed by atoms with van der Waals surface area (Å²) in [5, 5.41) is 9.29. The van der Waals surface area contributed by atoms with Gasteiger partial charge in [0.05, 0.1) is 11.3 Å². The molecule has 0 radical (unpaired) electrons. The Morgan fingerprint density at radius 3 is 2.56 bits per heavy atom. The van der Waals surface area contributed by atoms with Gasteiger partial charge in [0.2, 0.25) is 0 Å². The molecule has 3 rings (SSSR count). The third-order valence-electron chi connectivity index (χ3n) is 3.67. The number of nitrogens with zero attached hydrogens (tertiary/aromatic N) is 4. The fourth-order valence-corrected chi connectivity index (χ4v) is 3.46. The molecule has 2 heterocycles. The van der Waals surface area contributed by atoms with Crippen LogP contribution in [-0.2, 0) is 0 Å². The minimum Gasteiger partial charge on any atom is -0.389 e. The topological polar surface area (TPSA) is 69.6 Å². The van der Waals surface area contributed by atoms with Crippen LogP contribution in [0, 0.1) is 13.8 Å². The molecular weight excluding hydrogens is 246 g/mol. The van der Waals surface area contributed by atoms with Crippen LogP contribution in [0.2, 0.25) is 0 Å². The van der Waals surface area contributed by atoms with E-state index in [1.54, 1.807) is 0 Å². The van der Waals surface area contributed by atoms with Gasteiger partial charge in [-0.25, -0.2) is 0 Å². The maximum absolute atomic E-state index is 6.03. The van der Waals surface area contributed by atoms with Crippen LogP contribution < -0.4 is 5.73 Å². The Kier molecular flexibility index (Phi) is 2.81. The highest BCUT2D eigenvalue weighted by atomic mass is 32.1. The molecule has 1 aliphatic rings. The third kappa shape index (κ3) is 1.71. The van der Waals surface area contributed by atoms with Crippen molar-refractivity contribution in [2.45, 2.75) is 45.6 Å². The van der Waals surface area contributed by atoms with E-state index in [1.165, 1.54) is 37.2 Å². The molecule has 0 aromatic carbocycles. The van der Waals surface area contributed by atoms with Crippen molar-refractivity contribution >= 4 is 16.5 Å². The van der Waals surface area contributed by atoms with Crippen molar-refractivity contribution in [1.29, 1.82) is 0 Å². The van der Waals surface area contributed by atoms with Crippen LogP contribution in [0.25, 0.3) is 11.4 Å². The van der Waals surface area contributed by atoms with E-state index in [1.807, 2.05) is 13.8 Å². The minimum atomic E-state index is 0.522. The van der Waals surface area contributed by atoms with Crippen LogP contribution in [0.1, 0.15) is 43.2 Å². The van der Waals surface area contributed by atoms with E-state index in [2.05, 4.69) is 19.1 Å². The highest BCUT2D eigenvalue weighted by Gasteiger charge is 2.25. The monoisotopic (exact) mass is 263 g/mol. The molecule has 1 fully saturated rings. The molecule has 2 aromatic rings. The van der Waals surface area contributed by atoms with Crippen molar-refractivity contribution in [3.05, 3.63) is 11.5 Å². The van der Waals surface area contributed by atoms with E-state index in [-0.39, 0.29) is 0 Å². The average Bonchev–Trinajstić information content (AvgIpc) is 3.01. The largest absolute Gasteiger partial charge is 0.389 e. The summed E-state index contributed by atoms with van der Waals surface area (Å²) in [6, 6.07) is 0.522. The number of hydrogen-bond acceptors (Lipinski definition) is 5. The first kappa shape index (κ1) is 11.6. The highest BCUT2D eigenvalue weighted by Crippen LogP contribution is 2.37. The number of anilines is 1. The number of aromatic nitrogens is 4. The lowest BCUT2D eigenvalue weighted by molar-refractivity contribution is 0.510. The summed E-state index contributed by atoms with van der Waals surface area (Å²) >= 11 is 1.33. The van der Waals surface area contributed by atoms with Crippen LogP contribution in [0.3, 0.4) is 0 Å². The van der Waals surface area contributed by atoms with Gasteiger partial charge < -0.3 is 10.3 Å².